The highest BCUT2D eigenvalue weighted by Crippen LogP contribution is 2.34. The van der Waals surface area contributed by atoms with Crippen molar-refractivity contribution in [3.63, 3.8) is 0 Å². The van der Waals surface area contributed by atoms with Crippen LogP contribution in [-0.2, 0) is 0 Å². The summed E-state index contributed by atoms with van der Waals surface area (Å²) in [5.74, 6) is 2.19. The van der Waals surface area contributed by atoms with Gasteiger partial charge in [0, 0.05) is 18.1 Å². The normalized spacial score (nSPS) is 19.0. The zero-order valence-electron chi connectivity index (χ0n) is 11.6. The number of benzene rings is 2. The summed E-state index contributed by atoms with van der Waals surface area (Å²) in [6, 6.07) is 19.6. The Morgan fingerprint density at radius 3 is 2.71 bits per heavy atom. The molecule has 2 aromatic carbocycles. The summed E-state index contributed by atoms with van der Waals surface area (Å²) >= 11 is 1.99. The van der Waals surface area contributed by atoms with E-state index in [0.717, 1.165) is 35.2 Å². The molecule has 1 fully saturated rings. The Balaban J connectivity index is 1.73. The lowest BCUT2D eigenvalue weighted by Gasteiger charge is -2.34. The van der Waals surface area contributed by atoms with Crippen molar-refractivity contribution in [1.82, 2.24) is 4.98 Å². The van der Waals surface area contributed by atoms with Crippen LogP contribution in [0.4, 0.5) is 6.01 Å². The number of rotatable bonds is 2. The second-order valence-electron chi connectivity index (χ2n) is 5.16. The molecule has 0 saturated carbocycles. The lowest BCUT2D eigenvalue weighted by molar-refractivity contribution is 0.538. The third-order valence-corrected chi connectivity index (χ3v) is 4.86. The van der Waals surface area contributed by atoms with Crippen molar-refractivity contribution in [1.29, 1.82) is 0 Å². The Bertz CT molecular complexity index is 708. The molecule has 0 bridgehead atoms. The topological polar surface area (TPSA) is 29.3 Å². The molecule has 0 aliphatic carbocycles. The standard InChI is InChI=1S/C17H16N2OS/c1-2-6-13(7-3-1)15-12-21-11-10-19(15)17-18-14-8-4-5-9-16(14)20-17/h1-9,15H,10-12H2. The zero-order chi connectivity index (χ0) is 14.1. The van der Waals surface area contributed by atoms with Crippen molar-refractivity contribution < 1.29 is 4.42 Å². The first-order valence-corrected chi connectivity index (χ1v) is 8.32. The van der Waals surface area contributed by atoms with Crippen LogP contribution >= 0.6 is 11.8 Å². The number of thioether (sulfide) groups is 1. The summed E-state index contributed by atoms with van der Waals surface area (Å²) in [5, 5.41) is 0. The van der Waals surface area contributed by atoms with Crippen LogP contribution in [0.5, 0.6) is 0 Å². The Hall–Kier alpha value is -1.94. The molecule has 1 aliphatic heterocycles. The van der Waals surface area contributed by atoms with Crippen molar-refractivity contribution in [2.24, 2.45) is 0 Å². The fraction of sp³-hybridized carbons (Fsp3) is 0.235. The van der Waals surface area contributed by atoms with E-state index >= 15 is 0 Å². The van der Waals surface area contributed by atoms with E-state index in [-0.39, 0.29) is 0 Å². The molecular formula is C17H16N2OS. The van der Waals surface area contributed by atoms with E-state index in [1.165, 1.54) is 5.56 Å². The van der Waals surface area contributed by atoms with Gasteiger partial charge in [0.15, 0.2) is 5.58 Å². The van der Waals surface area contributed by atoms with Crippen molar-refractivity contribution in [3.8, 4) is 0 Å². The third kappa shape index (κ3) is 2.40. The van der Waals surface area contributed by atoms with E-state index in [4.69, 9.17) is 4.42 Å². The first-order valence-electron chi connectivity index (χ1n) is 7.17. The Labute approximate surface area is 128 Å². The zero-order valence-corrected chi connectivity index (χ0v) is 12.4. The number of hydrogen-bond donors (Lipinski definition) is 0. The van der Waals surface area contributed by atoms with Crippen molar-refractivity contribution in [3.05, 3.63) is 60.2 Å². The van der Waals surface area contributed by atoms with Gasteiger partial charge in [-0.1, -0.05) is 42.5 Å². The molecular weight excluding hydrogens is 280 g/mol. The lowest BCUT2D eigenvalue weighted by atomic mass is 10.1. The van der Waals surface area contributed by atoms with Crippen LogP contribution in [-0.4, -0.2) is 23.0 Å². The minimum absolute atomic E-state index is 0.331. The SMILES string of the molecule is c1ccc(C2CSCCN2c2nc3ccccc3o2)cc1. The van der Waals surface area contributed by atoms with Gasteiger partial charge in [0.1, 0.15) is 5.52 Å². The minimum Gasteiger partial charge on any atom is -0.423 e. The number of aromatic nitrogens is 1. The number of hydrogen-bond acceptors (Lipinski definition) is 4. The predicted octanol–water partition coefficient (Wildman–Crippen LogP) is 4.12. The molecule has 2 heterocycles. The molecule has 3 aromatic rings. The van der Waals surface area contributed by atoms with Gasteiger partial charge in [-0.05, 0) is 17.7 Å². The van der Waals surface area contributed by atoms with Crippen molar-refractivity contribution in [2.75, 3.05) is 23.0 Å². The van der Waals surface area contributed by atoms with Gasteiger partial charge in [-0.25, -0.2) is 0 Å². The molecule has 0 N–H and O–H groups in total. The van der Waals surface area contributed by atoms with Crippen molar-refractivity contribution in [2.45, 2.75) is 6.04 Å². The smallest absolute Gasteiger partial charge is 0.298 e. The summed E-state index contributed by atoms with van der Waals surface area (Å²) in [5.41, 5.74) is 3.11. The maximum Gasteiger partial charge on any atom is 0.298 e. The summed E-state index contributed by atoms with van der Waals surface area (Å²) < 4.78 is 5.96. The van der Waals surface area contributed by atoms with Crippen LogP contribution in [0, 0.1) is 0 Å². The fourth-order valence-corrected chi connectivity index (χ4v) is 3.86. The van der Waals surface area contributed by atoms with E-state index < -0.39 is 0 Å². The summed E-state index contributed by atoms with van der Waals surface area (Å²) in [7, 11) is 0. The van der Waals surface area contributed by atoms with Crippen LogP contribution in [0.15, 0.2) is 59.0 Å². The molecule has 21 heavy (non-hydrogen) atoms. The second kappa shape index (κ2) is 5.45. The molecule has 106 valence electrons. The van der Waals surface area contributed by atoms with Gasteiger partial charge in [-0.15, -0.1) is 0 Å². The first kappa shape index (κ1) is 12.8. The van der Waals surface area contributed by atoms with Gasteiger partial charge in [0.25, 0.3) is 6.01 Å². The maximum atomic E-state index is 5.96. The Kier molecular flexibility index (Phi) is 3.31. The van der Waals surface area contributed by atoms with Crippen molar-refractivity contribution >= 4 is 28.9 Å². The van der Waals surface area contributed by atoms with Gasteiger partial charge in [0.05, 0.1) is 6.04 Å². The third-order valence-electron chi connectivity index (χ3n) is 3.84. The van der Waals surface area contributed by atoms with E-state index in [1.807, 2.05) is 36.0 Å². The quantitative estimate of drug-likeness (QED) is 0.711. The molecule has 1 atom stereocenters. The average Bonchev–Trinajstić information content (AvgIpc) is 2.99. The molecule has 1 unspecified atom stereocenters. The highest BCUT2D eigenvalue weighted by molar-refractivity contribution is 7.99. The molecule has 3 nitrogen and oxygen atoms in total. The highest BCUT2D eigenvalue weighted by atomic mass is 32.2. The number of oxazole rings is 1. The van der Waals surface area contributed by atoms with Gasteiger partial charge in [-0.2, -0.15) is 16.7 Å². The molecule has 1 aromatic heterocycles. The molecule has 1 aliphatic rings. The van der Waals surface area contributed by atoms with E-state index in [9.17, 15) is 0 Å². The van der Waals surface area contributed by atoms with Gasteiger partial charge in [-0.3, -0.25) is 0 Å². The number of nitrogens with zero attached hydrogens (tertiary/aromatic N) is 2. The summed E-state index contributed by atoms with van der Waals surface area (Å²) in [4.78, 5) is 6.96. The summed E-state index contributed by atoms with van der Waals surface area (Å²) in [6.45, 7) is 0.969. The molecule has 0 spiro atoms. The number of anilines is 1. The van der Waals surface area contributed by atoms with E-state index in [1.54, 1.807) is 0 Å². The van der Waals surface area contributed by atoms with E-state index in [2.05, 4.69) is 40.2 Å². The first-order chi connectivity index (χ1) is 10.4. The molecule has 4 heteroatoms. The van der Waals surface area contributed by atoms with Crippen LogP contribution < -0.4 is 4.90 Å². The largest absolute Gasteiger partial charge is 0.423 e. The van der Waals surface area contributed by atoms with Crippen LogP contribution in [0.3, 0.4) is 0 Å². The van der Waals surface area contributed by atoms with Crippen LogP contribution in [0.1, 0.15) is 11.6 Å². The van der Waals surface area contributed by atoms with Gasteiger partial charge < -0.3 is 9.32 Å². The molecule has 1 saturated heterocycles. The molecule has 4 rings (SSSR count). The summed E-state index contributed by atoms with van der Waals surface area (Å²) in [6.07, 6.45) is 0. The van der Waals surface area contributed by atoms with Gasteiger partial charge >= 0.3 is 0 Å². The average molecular weight is 296 g/mol. The lowest BCUT2D eigenvalue weighted by Crippen LogP contribution is -2.36. The predicted molar refractivity (Wildman–Crippen MR) is 87.9 cm³/mol. The van der Waals surface area contributed by atoms with E-state index in [0.29, 0.717) is 6.04 Å². The molecule has 0 amide bonds. The van der Waals surface area contributed by atoms with Crippen LogP contribution in [0.2, 0.25) is 0 Å². The highest BCUT2D eigenvalue weighted by Gasteiger charge is 2.27. The van der Waals surface area contributed by atoms with Crippen LogP contribution in [0.25, 0.3) is 11.1 Å². The van der Waals surface area contributed by atoms with Gasteiger partial charge in [0.2, 0.25) is 0 Å². The maximum absolute atomic E-state index is 5.96. The number of para-hydroxylation sites is 2. The number of fused-ring (bicyclic) bond motifs is 1. The molecule has 0 radical (unpaired) electrons. The second-order valence-corrected chi connectivity index (χ2v) is 6.31. The minimum atomic E-state index is 0.331. The monoisotopic (exact) mass is 296 g/mol. The Morgan fingerprint density at radius 1 is 1.05 bits per heavy atom. The Morgan fingerprint density at radius 2 is 1.86 bits per heavy atom. The fourth-order valence-electron chi connectivity index (χ4n) is 2.77.